The minimum Gasteiger partial charge on any atom is -0.453 e. The van der Waals surface area contributed by atoms with E-state index >= 15 is 0 Å². The summed E-state index contributed by atoms with van der Waals surface area (Å²) in [5, 5.41) is 5.61. The Morgan fingerprint density at radius 2 is 1.79 bits per heavy atom. The molecule has 1 aliphatic rings. The topological polar surface area (TPSA) is 72.4 Å². The van der Waals surface area contributed by atoms with Crippen molar-refractivity contribution in [1.82, 2.24) is 9.88 Å². The summed E-state index contributed by atoms with van der Waals surface area (Å²) >= 11 is 0. The summed E-state index contributed by atoms with van der Waals surface area (Å²) < 4.78 is 6.92. The van der Waals surface area contributed by atoms with Gasteiger partial charge in [0.2, 0.25) is 0 Å². The first-order chi connectivity index (χ1) is 13.5. The molecule has 6 nitrogen and oxygen atoms in total. The quantitative estimate of drug-likeness (QED) is 0.785. The summed E-state index contributed by atoms with van der Waals surface area (Å²) in [7, 11) is 1.32. The van der Waals surface area contributed by atoms with Crippen LogP contribution in [0.3, 0.4) is 0 Å². The monoisotopic (exact) mass is 383 g/mol. The largest absolute Gasteiger partial charge is 0.453 e. The van der Waals surface area contributed by atoms with Gasteiger partial charge in [0.05, 0.1) is 12.7 Å². The molecule has 0 radical (unpaired) electrons. The van der Waals surface area contributed by atoms with Crippen molar-refractivity contribution in [2.24, 2.45) is 0 Å². The van der Waals surface area contributed by atoms with Gasteiger partial charge in [0.1, 0.15) is 0 Å². The zero-order valence-corrected chi connectivity index (χ0v) is 16.9. The number of nitrogens with one attached hydrogen (secondary N) is 2. The first-order valence-corrected chi connectivity index (χ1v) is 9.90. The number of anilines is 1. The maximum absolute atomic E-state index is 12.7. The molecule has 0 saturated heterocycles. The van der Waals surface area contributed by atoms with Crippen molar-refractivity contribution < 1.29 is 14.3 Å². The second-order valence-electron chi connectivity index (χ2n) is 7.44. The molecule has 150 valence electrons. The first kappa shape index (κ1) is 20.0. The number of ether oxygens (including phenoxy) is 1. The second kappa shape index (κ2) is 8.95. The Bertz CT molecular complexity index is 833. The van der Waals surface area contributed by atoms with Gasteiger partial charge in [-0.1, -0.05) is 31.4 Å². The van der Waals surface area contributed by atoms with Crippen molar-refractivity contribution in [2.75, 3.05) is 12.4 Å². The van der Waals surface area contributed by atoms with Gasteiger partial charge in [0, 0.05) is 29.7 Å². The number of hydrogen-bond donors (Lipinski definition) is 2. The molecule has 2 aromatic rings. The second-order valence-corrected chi connectivity index (χ2v) is 7.44. The molecule has 0 bridgehead atoms. The van der Waals surface area contributed by atoms with Gasteiger partial charge in [-0.3, -0.25) is 10.1 Å². The van der Waals surface area contributed by atoms with E-state index < -0.39 is 6.09 Å². The van der Waals surface area contributed by atoms with Crippen molar-refractivity contribution in [3.8, 4) is 0 Å². The van der Waals surface area contributed by atoms with Crippen LogP contribution < -0.4 is 10.6 Å². The van der Waals surface area contributed by atoms with Crippen molar-refractivity contribution >= 4 is 17.7 Å². The van der Waals surface area contributed by atoms with Crippen LogP contribution in [0.2, 0.25) is 0 Å². The van der Waals surface area contributed by atoms with Gasteiger partial charge >= 0.3 is 6.09 Å². The Balaban J connectivity index is 1.63. The van der Waals surface area contributed by atoms with Crippen molar-refractivity contribution in [3.63, 3.8) is 0 Å². The molecule has 1 saturated carbocycles. The summed E-state index contributed by atoms with van der Waals surface area (Å²) in [6.07, 6.45) is 5.74. The van der Waals surface area contributed by atoms with E-state index in [2.05, 4.69) is 26.9 Å². The highest BCUT2D eigenvalue weighted by Crippen LogP contribution is 2.32. The predicted molar refractivity (Wildman–Crippen MR) is 110 cm³/mol. The summed E-state index contributed by atoms with van der Waals surface area (Å²) in [5.74, 6) is -0.0491. The minimum atomic E-state index is -0.505. The average Bonchev–Trinajstić information content (AvgIpc) is 3.02. The normalized spacial score (nSPS) is 14.5. The Kier molecular flexibility index (Phi) is 6.39. The van der Waals surface area contributed by atoms with Crippen LogP contribution in [0, 0.1) is 13.8 Å². The van der Waals surface area contributed by atoms with E-state index in [4.69, 9.17) is 0 Å². The smallest absolute Gasteiger partial charge is 0.411 e. The van der Waals surface area contributed by atoms with Gasteiger partial charge in [0.15, 0.2) is 0 Å². The predicted octanol–water partition coefficient (Wildman–Crippen LogP) is 4.72. The zero-order chi connectivity index (χ0) is 20.1. The number of aromatic nitrogens is 1. The molecule has 1 fully saturated rings. The molecule has 1 aromatic heterocycles. The van der Waals surface area contributed by atoms with Gasteiger partial charge < -0.3 is 14.6 Å². The van der Waals surface area contributed by atoms with Crippen molar-refractivity contribution in [1.29, 1.82) is 0 Å². The molecule has 1 heterocycles. The third kappa shape index (κ3) is 4.55. The third-order valence-corrected chi connectivity index (χ3v) is 5.51. The fraction of sp³-hybridized carbons (Fsp3) is 0.455. The van der Waals surface area contributed by atoms with E-state index in [1.807, 2.05) is 25.1 Å². The summed E-state index contributed by atoms with van der Waals surface area (Å²) in [4.78, 5) is 24.0. The first-order valence-electron chi connectivity index (χ1n) is 9.90. The number of hydrogen-bond acceptors (Lipinski definition) is 3. The third-order valence-electron chi connectivity index (χ3n) is 5.51. The number of nitrogens with zero attached hydrogens (tertiary/aromatic N) is 1. The summed E-state index contributed by atoms with van der Waals surface area (Å²) in [5.41, 5.74) is 4.59. The van der Waals surface area contributed by atoms with E-state index in [-0.39, 0.29) is 5.91 Å². The number of methoxy groups -OCH3 is 1. The Morgan fingerprint density at radius 3 is 2.43 bits per heavy atom. The highest BCUT2D eigenvalue weighted by Gasteiger charge is 2.22. The van der Waals surface area contributed by atoms with Gasteiger partial charge in [-0.25, -0.2) is 4.79 Å². The number of carbonyl (C=O) groups excluding carboxylic acids is 2. The molecule has 2 amide bonds. The Morgan fingerprint density at radius 1 is 1.11 bits per heavy atom. The van der Waals surface area contributed by atoms with E-state index in [9.17, 15) is 9.59 Å². The SMILES string of the molecule is COC(=O)Nc1ccc(CNC(=O)c2cc(C)n(C3CCCCC3)c2C)cc1. The molecular weight excluding hydrogens is 354 g/mol. The molecule has 3 rings (SSSR count). The maximum atomic E-state index is 12.7. The Labute approximate surface area is 166 Å². The molecule has 1 aromatic carbocycles. The van der Waals surface area contributed by atoms with Gasteiger partial charge in [-0.2, -0.15) is 0 Å². The summed E-state index contributed by atoms with van der Waals surface area (Å²) in [6, 6.07) is 9.84. The van der Waals surface area contributed by atoms with Crippen LogP contribution in [0.1, 0.15) is 65.5 Å². The molecule has 0 atom stereocenters. The van der Waals surface area contributed by atoms with Crippen LogP contribution >= 0.6 is 0 Å². The lowest BCUT2D eigenvalue weighted by molar-refractivity contribution is 0.0950. The molecule has 6 heteroatoms. The molecule has 1 aliphatic carbocycles. The lowest BCUT2D eigenvalue weighted by Gasteiger charge is -2.26. The molecule has 0 spiro atoms. The van der Waals surface area contributed by atoms with Gasteiger partial charge in [-0.15, -0.1) is 0 Å². The zero-order valence-electron chi connectivity index (χ0n) is 16.9. The highest BCUT2D eigenvalue weighted by molar-refractivity contribution is 5.95. The van der Waals surface area contributed by atoms with Crippen molar-refractivity contribution in [3.05, 3.63) is 52.8 Å². The van der Waals surface area contributed by atoms with Crippen LogP contribution in [0.5, 0.6) is 0 Å². The lowest BCUT2D eigenvalue weighted by Crippen LogP contribution is -2.24. The minimum absolute atomic E-state index is 0.0491. The molecular formula is C22H29N3O3. The van der Waals surface area contributed by atoms with Gasteiger partial charge in [0.25, 0.3) is 5.91 Å². The van der Waals surface area contributed by atoms with Crippen LogP contribution in [0.15, 0.2) is 30.3 Å². The number of rotatable bonds is 5. The van der Waals surface area contributed by atoms with E-state index in [0.717, 1.165) is 22.5 Å². The lowest BCUT2D eigenvalue weighted by atomic mass is 9.95. The van der Waals surface area contributed by atoms with E-state index in [1.165, 1.54) is 39.2 Å². The molecule has 28 heavy (non-hydrogen) atoms. The van der Waals surface area contributed by atoms with E-state index in [0.29, 0.717) is 18.3 Å². The van der Waals surface area contributed by atoms with Crippen LogP contribution in [0.4, 0.5) is 10.5 Å². The molecule has 2 N–H and O–H groups in total. The number of aryl methyl sites for hydroxylation is 1. The van der Waals surface area contributed by atoms with Crippen LogP contribution in [0.25, 0.3) is 0 Å². The van der Waals surface area contributed by atoms with Crippen molar-refractivity contribution in [2.45, 2.75) is 58.5 Å². The highest BCUT2D eigenvalue weighted by atomic mass is 16.5. The van der Waals surface area contributed by atoms with Crippen LogP contribution in [-0.4, -0.2) is 23.7 Å². The summed E-state index contributed by atoms with van der Waals surface area (Å²) in [6.45, 7) is 4.57. The maximum Gasteiger partial charge on any atom is 0.411 e. The fourth-order valence-corrected chi connectivity index (χ4v) is 4.06. The van der Waals surface area contributed by atoms with E-state index in [1.54, 1.807) is 12.1 Å². The van der Waals surface area contributed by atoms with Crippen LogP contribution in [-0.2, 0) is 11.3 Å². The number of amides is 2. The Hall–Kier alpha value is -2.76. The average molecular weight is 383 g/mol. The number of benzene rings is 1. The molecule has 0 aliphatic heterocycles. The number of carbonyl (C=O) groups is 2. The van der Waals surface area contributed by atoms with Gasteiger partial charge in [-0.05, 0) is 50.5 Å². The standard InChI is InChI=1S/C22H29N3O3/c1-15-13-20(16(2)25(15)19-7-5-4-6-8-19)21(26)23-14-17-9-11-18(12-10-17)24-22(27)28-3/h9-13,19H,4-8,14H2,1-3H3,(H,23,26)(H,24,27). The molecule has 0 unspecified atom stereocenters. The fourth-order valence-electron chi connectivity index (χ4n) is 4.06.